The largest absolute Gasteiger partial charge is 0.463 e. The minimum absolute atomic E-state index is 0.0998. The average molecular weight is 474 g/mol. The first kappa shape index (κ1) is 23.9. The molecule has 0 fully saturated rings. The predicted octanol–water partition coefficient (Wildman–Crippen LogP) is 3.96. The molecule has 4 rings (SSSR count). The van der Waals surface area contributed by atoms with Crippen LogP contribution in [0, 0.1) is 0 Å². The van der Waals surface area contributed by atoms with E-state index in [1.807, 2.05) is 42.5 Å². The first-order valence-electron chi connectivity index (χ1n) is 11.5. The van der Waals surface area contributed by atoms with Gasteiger partial charge in [0.05, 0.1) is 31.0 Å². The van der Waals surface area contributed by atoms with E-state index in [-0.39, 0.29) is 49.6 Å². The van der Waals surface area contributed by atoms with Crippen LogP contribution in [-0.2, 0) is 27.4 Å². The van der Waals surface area contributed by atoms with Crippen molar-refractivity contribution in [3.63, 3.8) is 0 Å². The van der Waals surface area contributed by atoms with Crippen molar-refractivity contribution in [1.29, 1.82) is 0 Å². The third-order valence-electron chi connectivity index (χ3n) is 5.88. The standard InChI is InChI=1S/C27H27N3O5/c1-3-34-27(33)25-18(2)30(24(31)15-22(25)19-9-5-4-6-10-19)17-21-12-13-23(35-21)26(32)29-16-20-11-7-8-14-28-20/h4-14,22H,3,15-17H2,1-2H3,(H,29,32). The number of ether oxygens (including phenoxy) is 1. The number of furan rings is 1. The van der Waals surface area contributed by atoms with Gasteiger partial charge >= 0.3 is 5.97 Å². The van der Waals surface area contributed by atoms with Gasteiger partial charge in [0.25, 0.3) is 5.91 Å². The second-order valence-electron chi connectivity index (χ2n) is 8.14. The molecule has 8 heteroatoms. The summed E-state index contributed by atoms with van der Waals surface area (Å²) in [6.07, 6.45) is 1.79. The van der Waals surface area contributed by atoms with Crippen LogP contribution in [0.25, 0.3) is 0 Å². The van der Waals surface area contributed by atoms with Crippen LogP contribution in [0.4, 0.5) is 0 Å². The molecule has 0 saturated carbocycles. The summed E-state index contributed by atoms with van der Waals surface area (Å²) in [4.78, 5) is 44.2. The summed E-state index contributed by atoms with van der Waals surface area (Å²) in [6.45, 7) is 4.10. The molecule has 1 atom stereocenters. The SMILES string of the molecule is CCOC(=O)C1=C(C)N(Cc2ccc(C(=O)NCc3ccccn3)o2)C(=O)CC1c1ccccc1. The fourth-order valence-electron chi connectivity index (χ4n) is 4.15. The molecule has 3 heterocycles. The molecule has 0 radical (unpaired) electrons. The molecule has 2 amide bonds. The number of aromatic nitrogens is 1. The second kappa shape index (κ2) is 10.8. The molecule has 1 unspecified atom stereocenters. The maximum absolute atomic E-state index is 13.1. The van der Waals surface area contributed by atoms with Crippen LogP contribution in [0.5, 0.6) is 0 Å². The van der Waals surface area contributed by atoms with E-state index in [9.17, 15) is 14.4 Å². The van der Waals surface area contributed by atoms with Gasteiger partial charge in [0, 0.05) is 24.2 Å². The van der Waals surface area contributed by atoms with Crippen molar-refractivity contribution in [3.05, 3.63) is 101 Å². The highest BCUT2D eigenvalue weighted by Crippen LogP contribution is 2.37. The highest BCUT2D eigenvalue weighted by molar-refractivity contribution is 5.96. The molecule has 8 nitrogen and oxygen atoms in total. The maximum Gasteiger partial charge on any atom is 0.336 e. The van der Waals surface area contributed by atoms with Crippen molar-refractivity contribution in [1.82, 2.24) is 15.2 Å². The highest BCUT2D eigenvalue weighted by Gasteiger charge is 2.37. The molecule has 0 aliphatic carbocycles. The van der Waals surface area contributed by atoms with E-state index in [1.165, 1.54) is 4.90 Å². The van der Waals surface area contributed by atoms with Crippen molar-refractivity contribution in [2.75, 3.05) is 6.61 Å². The predicted molar refractivity (Wildman–Crippen MR) is 128 cm³/mol. The molecule has 35 heavy (non-hydrogen) atoms. The Balaban J connectivity index is 1.53. The fraction of sp³-hybridized carbons (Fsp3) is 0.259. The van der Waals surface area contributed by atoms with Gasteiger partial charge in [-0.3, -0.25) is 14.6 Å². The van der Waals surface area contributed by atoms with Gasteiger partial charge in [-0.25, -0.2) is 4.79 Å². The first-order valence-corrected chi connectivity index (χ1v) is 11.5. The van der Waals surface area contributed by atoms with Crippen LogP contribution < -0.4 is 5.32 Å². The van der Waals surface area contributed by atoms with E-state index in [2.05, 4.69) is 10.3 Å². The smallest absolute Gasteiger partial charge is 0.336 e. The molecule has 1 N–H and O–H groups in total. The van der Waals surface area contributed by atoms with Crippen LogP contribution in [0.15, 0.2) is 82.5 Å². The molecule has 2 aromatic heterocycles. The number of rotatable bonds is 8. The van der Waals surface area contributed by atoms with Crippen molar-refractivity contribution >= 4 is 17.8 Å². The molecular formula is C27H27N3O5. The number of amides is 2. The van der Waals surface area contributed by atoms with Crippen LogP contribution >= 0.6 is 0 Å². The molecule has 180 valence electrons. The molecule has 1 aliphatic rings. The van der Waals surface area contributed by atoms with Crippen molar-refractivity contribution in [3.8, 4) is 0 Å². The minimum atomic E-state index is -0.439. The van der Waals surface area contributed by atoms with E-state index >= 15 is 0 Å². The summed E-state index contributed by atoms with van der Waals surface area (Å²) in [5, 5.41) is 2.76. The number of hydrogen-bond donors (Lipinski definition) is 1. The Morgan fingerprint density at radius 3 is 2.60 bits per heavy atom. The number of hydrogen-bond acceptors (Lipinski definition) is 6. The number of nitrogens with zero attached hydrogens (tertiary/aromatic N) is 2. The summed E-state index contributed by atoms with van der Waals surface area (Å²) >= 11 is 0. The molecule has 0 spiro atoms. The molecule has 3 aromatic rings. The zero-order chi connectivity index (χ0) is 24.8. The van der Waals surface area contributed by atoms with Gasteiger partial charge in [-0.2, -0.15) is 0 Å². The molecule has 1 aliphatic heterocycles. The lowest BCUT2D eigenvalue weighted by Gasteiger charge is -2.34. The Hall–Kier alpha value is -4.20. The average Bonchev–Trinajstić information content (AvgIpc) is 3.35. The summed E-state index contributed by atoms with van der Waals surface area (Å²) < 4.78 is 11.0. The van der Waals surface area contributed by atoms with Gasteiger partial charge in [0.15, 0.2) is 5.76 Å². The zero-order valence-electron chi connectivity index (χ0n) is 19.7. The number of pyridine rings is 1. The molecule has 1 aromatic carbocycles. The van der Waals surface area contributed by atoms with Gasteiger partial charge in [0.1, 0.15) is 5.76 Å². The molecular weight excluding hydrogens is 446 g/mol. The lowest BCUT2D eigenvalue weighted by molar-refractivity contribution is -0.140. The summed E-state index contributed by atoms with van der Waals surface area (Å²) in [6, 6.07) is 18.2. The molecule has 0 saturated heterocycles. The summed E-state index contributed by atoms with van der Waals surface area (Å²) in [5.74, 6) is -0.775. The number of nitrogens with one attached hydrogen (secondary N) is 1. The van der Waals surface area contributed by atoms with Gasteiger partial charge in [0.2, 0.25) is 5.91 Å². The maximum atomic E-state index is 13.1. The van der Waals surface area contributed by atoms with E-state index in [4.69, 9.17) is 9.15 Å². The Bertz CT molecular complexity index is 1230. The van der Waals surface area contributed by atoms with E-state index < -0.39 is 5.97 Å². The van der Waals surface area contributed by atoms with Gasteiger partial charge < -0.3 is 19.4 Å². The lowest BCUT2D eigenvalue weighted by Crippen LogP contribution is -2.38. The van der Waals surface area contributed by atoms with E-state index in [1.54, 1.807) is 38.2 Å². The number of benzene rings is 1. The van der Waals surface area contributed by atoms with Gasteiger partial charge in [-0.05, 0) is 43.7 Å². The van der Waals surface area contributed by atoms with Crippen molar-refractivity contribution in [2.24, 2.45) is 0 Å². The number of esters is 1. The lowest BCUT2D eigenvalue weighted by atomic mass is 9.83. The van der Waals surface area contributed by atoms with Gasteiger partial charge in [-0.1, -0.05) is 36.4 Å². The zero-order valence-corrected chi connectivity index (χ0v) is 19.7. The van der Waals surface area contributed by atoms with E-state index in [0.29, 0.717) is 17.0 Å². The van der Waals surface area contributed by atoms with Crippen LogP contribution in [0.3, 0.4) is 0 Å². The minimum Gasteiger partial charge on any atom is -0.463 e. The Kier molecular flexibility index (Phi) is 7.40. The quantitative estimate of drug-likeness (QED) is 0.497. The Morgan fingerprint density at radius 1 is 1.11 bits per heavy atom. The first-order chi connectivity index (χ1) is 17.0. The van der Waals surface area contributed by atoms with Gasteiger partial charge in [-0.15, -0.1) is 0 Å². The third kappa shape index (κ3) is 5.48. The van der Waals surface area contributed by atoms with Crippen LogP contribution in [-0.4, -0.2) is 34.3 Å². The number of carbonyl (C=O) groups excluding carboxylic acids is 3. The van der Waals surface area contributed by atoms with E-state index in [0.717, 1.165) is 11.3 Å². The Labute approximate surface area is 203 Å². The normalized spacial score (nSPS) is 15.8. The van der Waals surface area contributed by atoms with Crippen molar-refractivity contribution < 1.29 is 23.5 Å². The second-order valence-corrected chi connectivity index (χ2v) is 8.14. The summed E-state index contributed by atoms with van der Waals surface area (Å²) in [7, 11) is 0. The summed E-state index contributed by atoms with van der Waals surface area (Å²) in [5.41, 5.74) is 2.59. The highest BCUT2D eigenvalue weighted by atomic mass is 16.5. The van der Waals surface area contributed by atoms with Crippen LogP contribution in [0.1, 0.15) is 53.8 Å². The monoisotopic (exact) mass is 473 g/mol. The molecule has 0 bridgehead atoms. The topological polar surface area (TPSA) is 102 Å². The third-order valence-corrected chi connectivity index (χ3v) is 5.88. The van der Waals surface area contributed by atoms with Crippen molar-refractivity contribution in [2.45, 2.75) is 39.3 Å². The fourth-order valence-corrected chi connectivity index (χ4v) is 4.15. The Morgan fingerprint density at radius 2 is 1.89 bits per heavy atom. The number of allylic oxidation sites excluding steroid dienone is 1. The number of carbonyl (C=O) groups is 3. The van der Waals surface area contributed by atoms with Crippen LogP contribution in [0.2, 0.25) is 0 Å².